The highest BCUT2D eigenvalue weighted by atomic mass is 28.3. The van der Waals surface area contributed by atoms with Crippen LogP contribution in [-0.4, -0.2) is 65.8 Å². The average molecular weight is 755 g/mol. The van der Waals surface area contributed by atoms with E-state index in [0.29, 0.717) is 37.0 Å². The van der Waals surface area contributed by atoms with Crippen LogP contribution in [0.3, 0.4) is 0 Å². The molecule has 9 atom stereocenters. The van der Waals surface area contributed by atoms with Crippen LogP contribution >= 0.6 is 0 Å². The number of hydrogen-bond donors (Lipinski definition) is 0. The molecule has 1 heterocycles. The Kier molecular flexibility index (Phi) is 13.7. The number of para-hydroxylation sites is 1. The van der Waals surface area contributed by atoms with Crippen LogP contribution in [0.15, 0.2) is 48.1 Å². The summed E-state index contributed by atoms with van der Waals surface area (Å²) in [7, 11) is -3.13. The third-order valence-electron chi connectivity index (χ3n) is 11.3. The van der Waals surface area contributed by atoms with E-state index in [9.17, 15) is 14.4 Å². The van der Waals surface area contributed by atoms with Gasteiger partial charge < -0.3 is 23.1 Å². The summed E-state index contributed by atoms with van der Waals surface area (Å²) in [6.07, 6.45) is 7.75. The van der Waals surface area contributed by atoms with Gasteiger partial charge in [0.05, 0.1) is 11.2 Å². The van der Waals surface area contributed by atoms with E-state index in [2.05, 4.69) is 92.9 Å². The van der Waals surface area contributed by atoms with Crippen molar-refractivity contribution in [2.45, 2.75) is 151 Å². The number of benzene rings is 1. The van der Waals surface area contributed by atoms with Crippen molar-refractivity contribution in [2.75, 3.05) is 0 Å². The SMILES string of the molecule is CCC(Oc1ccccc1C(C)=O)C(=O)O[C@H]1C[C@H](C(C)(C)C)C=C2C=C[C@H](C)[C@](CC[C@@H]3C[C@H](C(C)(C)C)C(O[SiH](C)C)C(=O)O3)(O[SiH](C)C)[C@H]21. The molecule has 0 radical (unpaired) electrons. The van der Waals surface area contributed by atoms with Gasteiger partial charge in [-0.3, -0.25) is 4.79 Å². The normalized spacial score (nSPS) is 30.0. The molecule has 52 heavy (non-hydrogen) atoms. The third-order valence-corrected chi connectivity index (χ3v) is 13.0. The Balaban J connectivity index is 1.70. The molecule has 4 rings (SSSR count). The molecule has 0 aromatic heterocycles. The minimum atomic E-state index is -1.65. The molecule has 2 aliphatic carbocycles. The lowest BCUT2D eigenvalue weighted by atomic mass is 9.59. The lowest BCUT2D eigenvalue weighted by molar-refractivity contribution is -0.180. The van der Waals surface area contributed by atoms with Crippen molar-refractivity contribution in [3.05, 3.63) is 53.6 Å². The van der Waals surface area contributed by atoms with Crippen molar-refractivity contribution in [3.8, 4) is 5.75 Å². The number of ether oxygens (including phenoxy) is 3. The second-order valence-electron chi connectivity index (χ2n) is 18.1. The van der Waals surface area contributed by atoms with Crippen molar-refractivity contribution in [1.82, 2.24) is 0 Å². The van der Waals surface area contributed by atoms with Gasteiger partial charge in [-0.05, 0) is 99.7 Å². The number of ketones is 1. The van der Waals surface area contributed by atoms with E-state index < -0.39 is 48.0 Å². The van der Waals surface area contributed by atoms with Crippen molar-refractivity contribution < 1.29 is 37.4 Å². The fourth-order valence-electron chi connectivity index (χ4n) is 8.45. The largest absolute Gasteiger partial charge is 0.478 e. The standard InChI is InChI=1S/C42H66O8Si2/c1-14-33(47-34-18-16-15-17-31(34)27(3)43)38(44)48-35-24-29(40(4,5)6)23-28-20-19-26(2)42(36(28)35,50-52(12)13)22-21-30-25-32(41(7,8)9)37(39(45)46-30)49-51(10)11/h15-20,23,26,29-30,32-33,35-37,51-52H,14,21-22,24-25H2,1-13H3/t26-,29+,30+,32-,33?,35-,36+,37?,42-/m0/s1. The molecule has 1 aromatic rings. The van der Waals surface area contributed by atoms with Gasteiger partial charge >= 0.3 is 11.9 Å². The predicted molar refractivity (Wildman–Crippen MR) is 212 cm³/mol. The van der Waals surface area contributed by atoms with Crippen LogP contribution in [0.25, 0.3) is 0 Å². The summed E-state index contributed by atoms with van der Waals surface area (Å²) in [5, 5.41) is 0. The quantitative estimate of drug-likeness (QED) is 0.112. The number of carbonyl (C=O) groups excluding carboxylic acids is 3. The Hall–Kier alpha value is -2.54. The topological polar surface area (TPSA) is 97.4 Å². The monoisotopic (exact) mass is 754 g/mol. The summed E-state index contributed by atoms with van der Waals surface area (Å²) in [6, 6.07) is 7.03. The second kappa shape index (κ2) is 16.9. The number of cyclic esters (lactones) is 1. The van der Waals surface area contributed by atoms with E-state index in [-0.39, 0.29) is 52.4 Å². The maximum absolute atomic E-state index is 14.2. The van der Waals surface area contributed by atoms with Crippen LogP contribution in [0.5, 0.6) is 5.75 Å². The van der Waals surface area contributed by atoms with Crippen LogP contribution in [0.4, 0.5) is 0 Å². The van der Waals surface area contributed by atoms with Crippen LogP contribution in [0.1, 0.15) is 105 Å². The highest BCUT2D eigenvalue weighted by molar-refractivity contribution is 6.49. The van der Waals surface area contributed by atoms with Gasteiger partial charge in [-0.2, -0.15) is 0 Å². The molecule has 8 nitrogen and oxygen atoms in total. The van der Waals surface area contributed by atoms with Crippen LogP contribution in [-0.2, 0) is 27.9 Å². The molecule has 1 saturated heterocycles. The number of carbonyl (C=O) groups is 3. The molecule has 10 heteroatoms. The summed E-state index contributed by atoms with van der Waals surface area (Å²) in [6.45, 7) is 27.4. The predicted octanol–water partition coefficient (Wildman–Crippen LogP) is 8.64. The molecule has 1 fully saturated rings. The average Bonchev–Trinajstić information content (AvgIpc) is 3.03. The van der Waals surface area contributed by atoms with E-state index in [1.165, 1.54) is 6.92 Å². The van der Waals surface area contributed by atoms with Gasteiger partial charge in [0.15, 0.2) is 30.0 Å². The molecule has 3 aliphatic rings. The van der Waals surface area contributed by atoms with Gasteiger partial charge in [-0.25, -0.2) is 9.59 Å². The summed E-state index contributed by atoms with van der Waals surface area (Å²) in [4.78, 5) is 40.1. The molecule has 290 valence electrons. The first-order valence-electron chi connectivity index (χ1n) is 19.6. The fourth-order valence-corrected chi connectivity index (χ4v) is 10.7. The number of hydrogen-bond acceptors (Lipinski definition) is 8. The lowest BCUT2D eigenvalue weighted by Gasteiger charge is -2.54. The number of esters is 2. The van der Waals surface area contributed by atoms with Gasteiger partial charge in [0.25, 0.3) is 0 Å². The van der Waals surface area contributed by atoms with E-state index in [4.69, 9.17) is 23.1 Å². The number of fused-ring (bicyclic) bond motifs is 1. The highest BCUT2D eigenvalue weighted by Crippen LogP contribution is 2.53. The minimum absolute atomic E-state index is 0.0262. The van der Waals surface area contributed by atoms with E-state index >= 15 is 0 Å². The Morgan fingerprint density at radius 3 is 2.25 bits per heavy atom. The van der Waals surface area contributed by atoms with Gasteiger partial charge in [0, 0.05) is 17.8 Å². The highest BCUT2D eigenvalue weighted by Gasteiger charge is 2.55. The number of Topliss-reactive ketones (excluding diaryl/α,β-unsaturated/α-hetero) is 1. The summed E-state index contributed by atoms with van der Waals surface area (Å²) >= 11 is 0. The van der Waals surface area contributed by atoms with Crippen molar-refractivity contribution >= 4 is 35.8 Å². The van der Waals surface area contributed by atoms with Crippen molar-refractivity contribution in [1.29, 1.82) is 0 Å². The van der Waals surface area contributed by atoms with Crippen molar-refractivity contribution in [2.24, 2.45) is 34.5 Å². The van der Waals surface area contributed by atoms with Gasteiger partial charge in [-0.15, -0.1) is 0 Å². The van der Waals surface area contributed by atoms with Crippen molar-refractivity contribution in [3.63, 3.8) is 0 Å². The molecule has 2 unspecified atom stereocenters. The Morgan fingerprint density at radius 2 is 1.67 bits per heavy atom. The number of allylic oxidation sites excluding steroid dienone is 2. The molecule has 0 spiro atoms. The molecule has 1 aromatic carbocycles. The first-order chi connectivity index (χ1) is 24.2. The minimum Gasteiger partial charge on any atom is -0.478 e. The molecule has 0 bridgehead atoms. The third kappa shape index (κ3) is 9.76. The zero-order chi connectivity index (χ0) is 38.8. The molecule has 0 saturated carbocycles. The molecule has 0 amide bonds. The molecule has 1 aliphatic heterocycles. The van der Waals surface area contributed by atoms with Crippen LogP contribution in [0.2, 0.25) is 26.2 Å². The van der Waals surface area contributed by atoms with E-state index in [0.717, 1.165) is 12.0 Å². The molecular formula is C42H66O8Si2. The maximum atomic E-state index is 14.2. The van der Waals surface area contributed by atoms with Gasteiger partial charge in [0.1, 0.15) is 24.1 Å². The first kappa shape index (κ1) is 42.2. The molecular weight excluding hydrogens is 689 g/mol. The fraction of sp³-hybridized carbons (Fsp3) is 0.690. The van der Waals surface area contributed by atoms with E-state index in [1.54, 1.807) is 24.3 Å². The zero-order valence-electron chi connectivity index (χ0n) is 34.1. The smallest absolute Gasteiger partial charge is 0.347 e. The zero-order valence-corrected chi connectivity index (χ0v) is 36.4. The van der Waals surface area contributed by atoms with Crippen LogP contribution < -0.4 is 4.74 Å². The lowest BCUT2D eigenvalue weighted by Crippen LogP contribution is -2.58. The Morgan fingerprint density at radius 1 is 1.00 bits per heavy atom. The summed E-state index contributed by atoms with van der Waals surface area (Å²) in [5.41, 5.74) is 0.713. The first-order valence-corrected chi connectivity index (χ1v) is 25.1. The Bertz CT molecular complexity index is 1490. The summed E-state index contributed by atoms with van der Waals surface area (Å²) < 4.78 is 32.5. The number of rotatable bonds is 13. The van der Waals surface area contributed by atoms with Crippen LogP contribution in [0, 0.1) is 34.5 Å². The Labute approximate surface area is 316 Å². The van der Waals surface area contributed by atoms with Gasteiger partial charge in [0.2, 0.25) is 0 Å². The molecule has 0 N–H and O–H groups in total. The maximum Gasteiger partial charge on any atom is 0.347 e. The van der Waals surface area contributed by atoms with E-state index in [1.807, 2.05) is 6.92 Å². The summed E-state index contributed by atoms with van der Waals surface area (Å²) in [5.74, 6) is -0.420. The van der Waals surface area contributed by atoms with Gasteiger partial charge in [-0.1, -0.05) is 85.8 Å². The second-order valence-corrected chi connectivity index (χ2v) is 22.8.